The SMILES string of the molecule is CCN1C(=O)C=C(SCC(=O)NCC(C)C(=O)O)C1=O. The van der Waals surface area contributed by atoms with Crippen molar-refractivity contribution in [3.05, 3.63) is 11.0 Å². The smallest absolute Gasteiger partial charge is 0.308 e. The van der Waals surface area contributed by atoms with Crippen LogP contribution in [0.25, 0.3) is 0 Å². The van der Waals surface area contributed by atoms with Crippen LogP contribution in [0.5, 0.6) is 0 Å². The van der Waals surface area contributed by atoms with Gasteiger partial charge in [0.25, 0.3) is 11.8 Å². The Morgan fingerprint density at radius 1 is 1.45 bits per heavy atom. The summed E-state index contributed by atoms with van der Waals surface area (Å²) in [4.78, 5) is 46.5. The highest BCUT2D eigenvalue weighted by atomic mass is 32.2. The highest BCUT2D eigenvalue weighted by Crippen LogP contribution is 2.23. The average Bonchev–Trinajstić information content (AvgIpc) is 2.67. The second-order valence-corrected chi connectivity index (χ2v) is 5.25. The Labute approximate surface area is 120 Å². The van der Waals surface area contributed by atoms with Gasteiger partial charge in [-0.05, 0) is 6.92 Å². The summed E-state index contributed by atoms with van der Waals surface area (Å²) in [6, 6.07) is 0. The Balaban J connectivity index is 2.39. The van der Waals surface area contributed by atoms with Gasteiger partial charge in [-0.1, -0.05) is 6.92 Å². The summed E-state index contributed by atoms with van der Waals surface area (Å²) >= 11 is 0.973. The van der Waals surface area contributed by atoms with E-state index in [2.05, 4.69) is 5.32 Å². The van der Waals surface area contributed by atoms with Gasteiger partial charge in [-0.15, -0.1) is 11.8 Å². The van der Waals surface area contributed by atoms with E-state index in [1.807, 2.05) is 0 Å². The van der Waals surface area contributed by atoms with Crippen LogP contribution < -0.4 is 5.32 Å². The molecule has 0 saturated carbocycles. The van der Waals surface area contributed by atoms with Crippen molar-refractivity contribution in [2.75, 3.05) is 18.8 Å². The van der Waals surface area contributed by atoms with Crippen molar-refractivity contribution in [2.45, 2.75) is 13.8 Å². The predicted octanol–water partition coefficient (Wildman–Crippen LogP) is -0.171. The average molecular weight is 300 g/mol. The molecule has 1 unspecified atom stereocenters. The number of nitrogens with zero attached hydrogens (tertiary/aromatic N) is 1. The first kappa shape index (κ1) is 16.2. The minimum Gasteiger partial charge on any atom is -0.481 e. The van der Waals surface area contributed by atoms with Crippen molar-refractivity contribution in [1.82, 2.24) is 10.2 Å². The third-order valence-corrected chi connectivity index (χ3v) is 3.69. The lowest BCUT2D eigenvalue weighted by atomic mass is 10.2. The summed E-state index contributed by atoms with van der Waals surface area (Å²) in [6.07, 6.45) is 1.21. The fraction of sp³-hybridized carbons (Fsp3) is 0.500. The van der Waals surface area contributed by atoms with E-state index in [0.717, 1.165) is 16.7 Å². The topological polar surface area (TPSA) is 104 Å². The Morgan fingerprint density at radius 2 is 2.10 bits per heavy atom. The standard InChI is InChI=1S/C12H16N2O5S/c1-3-14-10(16)4-8(11(14)17)20-6-9(15)13-5-7(2)12(18)19/h4,7H,3,5-6H2,1-2H3,(H,13,15)(H,18,19). The maximum absolute atomic E-state index is 11.7. The lowest BCUT2D eigenvalue weighted by Crippen LogP contribution is -2.33. The minimum absolute atomic E-state index is 0.0295. The van der Waals surface area contributed by atoms with Crippen LogP contribution in [0.2, 0.25) is 0 Å². The number of carbonyl (C=O) groups is 4. The fourth-order valence-corrected chi connectivity index (χ4v) is 2.24. The number of nitrogens with one attached hydrogen (secondary N) is 1. The summed E-state index contributed by atoms with van der Waals surface area (Å²) in [6.45, 7) is 3.50. The predicted molar refractivity (Wildman–Crippen MR) is 72.7 cm³/mol. The number of hydrogen-bond acceptors (Lipinski definition) is 5. The lowest BCUT2D eigenvalue weighted by molar-refractivity contribution is -0.141. The molecule has 0 aromatic rings. The molecule has 3 amide bonds. The van der Waals surface area contributed by atoms with Gasteiger partial charge < -0.3 is 10.4 Å². The van der Waals surface area contributed by atoms with Gasteiger partial charge >= 0.3 is 5.97 Å². The molecule has 110 valence electrons. The molecule has 7 nitrogen and oxygen atoms in total. The van der Waals surface area contributed by atoms with Crippen molar-refractivity contribution < 1.29 is 24.3 Å². The molecule has 0 spiro atoms. The summed E-state index contributed by atoms with van der Waals surface area (Å²) < 4.78 is 0. The van der Waals surface area contributed by atoms with Crippen molar-refractivity contribution in [3.8, 4) is 0 Å². The second-order valence-electron chi connectivity index (χ2n) is 4.23. The van der Waals surface area contributed by atoms with Crippen molar-refractivity contribution in [2.24, 2.45) is 5.92 Å². The van der Waals surface area contributed by atoms with Gasteiger partial charge in [-0.25, -0.2) is 0 Å². The number of amides is 3. The van der Waals surface area contributed by atoms with Gasteiger partial charge in [0.15, 0.2) is 0 Å². The molecule has 1 aliphatic heterocycles. The minimum atomic E-state index is -0.990. The van der Waals surface area contributed by atoms with E-state index in [1.165, 1.54) is 13.0 Å². The van der Waals surface area contributed by atoms with Gasteiger partial charge in [-0.2, -0.15) is 0 Å². The zero-order valence-corrected chi connectivity index (χ0v) is 12.0. The van der Waals surface area contributed by atoms with E-state index in [1.54, 1.807) is 6.92 Å². The molecule has 0 fully saturated rings. The quantitative estimate of drug-likeness (QED) is 0.633. The number of carboxylic acids is 1. The number of carboxylic acid groups (broad SMARTS) is 1. The van der Waals surface area contributed by atoms with E-state index < -0.39 is 17.8 Å². The molecular weight excluding hydrogens is 284 g/mol. The highest BCUT2D eigenvalue weighted by Gasteiger charge is 2.30. The number of imide groups is 1. The van der Waals surface area contributed by atoms with Gasteiger partial charge in [0.05, 0.1) is 16.6 Å². The zero-order valence-electron chi connectivity index (χ0n) is 11.2. The van der Waals surface area contributed by atoms with E-state index in [0.29, 0.717) is 6.54 Å². The molecule has 0 radical (unpaired) electrons. The van der Waals surface area contributed by atoms with E-state index in [9.17, 15) is 19.2 Å². The molecule has 20 heavy (non-hydrogen) atoms. The van der Waals surface area contributed by atoms with Crippen LogP contribution in [-0.4, -0.2) is 52.5 Å². The van der Waals surface area contributed by atoms with Gasteiger partial charge in [0.1, 0.15) is 0 Å². The number of aliphatic carboxylic acids is 1. The maximum Gasteiger partial charge on any atom is 0.308 e. The number of hydrogen-bond donors (Lipinski definition) is 2. The van der Waals surface area contributed by atoms with Crippen LogP contribution >= 0.6 is 11.8 Å². The molecule has 1 rings (SSSR count). The Morgan fingerprint density at radius 3 is 2.60 bits per heavy atom. The Hall–Kier alpha value is -1.83. The molecule has 0 aliphatic carbocycles. The van der Waals surface area contributed by atoms with Gasteiger partial charge in [-0.3, -0.25) is 24.1 Å². The normalized spacial score (nSPS) is 16.1. The summed E-state index contributed by atoms with van der Waals surface area (Å²) in [5, 5.41) is 11.1. The molecule has 8 heteroatoms. The largest absolute Gasteiger partial charge is 0.481 e. The van der Waals surface area contributed by atoms with Crippen LogP contribution in [0, 0.1) is 5.92 Å². The summed E-state index contributed by atoms with van der Waals surface area (Å²) in [5.41, 5.74) is 0. The zero-order chi connectivity index (χ0) is 15.3. The summed E-state index contributed by atoms with van der Waals surface area (Å²) in [7, 11) is 0. The number of likely N-dealkylation sites (N-methyl/N-ethyl adjacent to an activating group) is 1. The Bertz CT molecular complexity index is 474. The number of rotatable bonds is 7. The van der Waals surface area contributed by atoms with E-state index in [4.69, 9.17) is 5.11 Å². The van der Waals surface area contributed by atoms with Crippen molar-refractivity contribution >= 4 is 35.5 Å². The molecule has 0 bridgehead atoms. The fourth-order valence-electron chi connectivity index (χ4n) is 1.44. The first-order valence-corrected chi connectivity index (χ1v) is 7.05. The molecule has 0 aromatic carbocycles. The first-order valence-electron chi connectivity index (χ1n) is 6.06. The molecule has 1 atom stereocenters. The van der Waals surface area contributed by atoms with Crippen LogP contribution in [0.1, 0.15) is 13.8 Å². The number of thioether (sulfide) groups is 1. The maximum atomic E-state index is 11.7. The van der Waals surface area contributed by atoms with Crippen molar-refractivity contribution in [3.63, 3.8) is 0 Å². The van der Waals surface area contributed by atoms with Crippen molar-refractivity contribution in [1.29, 1.82) is 0 Å². The molecule has 1 aliphatic rings. The molecule has 2 N–H and O–H groups in total. The third kappa shape index (κ3) is 4.09. The van der Waals surface area contributed by atoms with Crippen LogP contribution in [0.4, 0.5) is 0 Å². The molecule has 0 aromatic heterocycles. The third-order valence-electron chi connectivity index (χ3n) is 2.68. The van der Waals surface area contributed by atoms with E-state index in [-0.39, 0.29) is 29.0 Å². The van der Waals surface area contributed by atoms with E-state index >= 15 is 0 Å². The molecule has 1 heterocycles. The monoisotopic (exact) mass is 300 g/mol. The van der Waals surface area contributed by atoms with Crippen LogP contribution in [0.3, 0.4) is 0 Å². The Kier molecular flexibility index (Phi) is 5.75. The molecular formula is C12H16N2O5S. The highest BCUT2D eigenvalue weighted by molar-refractivity contribution is 8.04. The van der Waals surface area contributed by atoms with Gasteiger partial charge in [0, 0.05) is 19.2 Å². The second kappa shape index (κ2) is 7.09. The van der Waals surface area contributed by atoms with Gasteiger partial charge in [0.2, 0.25) is 5.91 Å². The van der Waals surface area contributed by atoms with Crippen LogP contribution in [0.15, 0.2) is 11.0 Å². The summed E-state index contributed by atoms with van der Waals surface area (Å²) in [5.74, 6) is -2.84. The van der Waals surface area contributed by atoms with Crippen LogP contribution in [-0.2, 0) is 19.2 Å². The number of carbonyl (C=O) groups excluding carboxylic acids is 3. The first-order chi connectivity index (χ1) is 9.36. The lowest BCUT2D eigenvalue weighted by Gasteiger charge is -2.11. The molecule has 0 saturated heterocycles.